The van der Waals surface area contributed by atoms with Gasteiger partial charge in [-0.2, -0.15) is 0 Å². The molecule has 0 saturated carbocycles. The first kappa shape index (κ1) is 15.2. The van der Waals surface area contributed by atoms with Crippen LogP contribution < -0.4 is 14.8 Å². The Kier molecular flexibility index (Phi) is 4.33. The molecule has 1 atom stereocenters. The van der Waals surface area contributed by atoms with Crippen LogP contribution in [0.1, 0.15) is 29.7 Å². The van der Waals surface area contributed by atoms with Crippen LogP contribution in [0.3, 0.4) is 0 Å². The van der Waals surface area contributed by atoms with Crippen molar-refractivity contribution in [1.29, 1.82) is 0 Å². The van der Waals surface area contributed by atoms with Crippen LogP contribution in [0.4, 0.5) is 0 Å². The second-order valence-electron chi connectivity index (χ2n) is 5.53. The fraction of sp³-hybridized carbons (Fsp3) is 0.211. The van der Waals surface area contributed by atoms with E-state index in [9.17, 15) is 4.79 Å². The van der Waals surface area contributed by atoms with Crippen LogP contribution in [0.15, 0.2) is 48.5 Å². The van der Waals surface area contributed by atoms with Crippen molar-refractivity contribution in [3.05, 3.63) is 65.2 Å². The van der Waals surface area contributed by atoms with Crippen molar-refractivity contribution in [3.8, 4) is 11.5 Å². The fourth-order valence-corrected chi connectivity index (χ4v) is 2.47. The Balaban J connectivity index is 1.64. The number of hydrogen-bond acceptors (Lipinski definition) is 3. The van der Waals surface area contributed by atoms with Gasteiger partial charge in [0.05, 0.1) is 6.04 Å². The lowest BCUT2D eigenvalue weighted by Gasteiger charge is -2.13. The Hall–Kier alpha value is -2.75. The maximum absolute atomic E-state index is 12.1. The molecule has 118 valence electrons. The number of benzene rings is 2. The van der Waals surface area contributed by atoms with Crippen molar-refractivity contribution in [2.24, 2.45) is 0 Å². The van der Waals surface area contributed by atoms with Gasteiger partial charge in [0.15, 0.2) is 11.5 Å². The number of carbonyl (C=O) groups excluding carboxylic acids is 1. The molecule has 0 fully saturated rings. The summed E-state index contributed by atoms with van der Waals surface area (Å²) in [5.74, 6) is 1.34. The Bertz CT molecular complexity index is 752. The van der Waals surface area contributed by atoms with E-state index in [0.717, 1.165) is 28.2 Å². The smallest absolute Gasteiger partial charge is 0.244 e. The maximum Gasteiger partial charge on any atom is 0.244 e. The molecule has 1 aliphatic heterocycles. The molecule has 0 spiro atoms. The molecule has 0 aliphatic carbocycles. The molecule has 0 aromatic heterocycles. The molecule has 0 radical (unpaired) electrons. The van der Waals surface area contributed by atoms with Crippen LogP contribution in [0.2, 0.25) is 0 Å². The molecule has 1 heterocycles. The molecule has 4 heteroatoms. The van der Waals surface area contributed by atoms with Crippen molar-refractivity contribution in [3.63, 3.8) is 0 Å². The van der Waals surface area contributed by atoms with E-state index in [1.807, 2.05) is 62.4 Å². The predicted octanol–water partition coefficient (Wildman–Crippen LogP) is 3.61. The molecule has 1 amide bonds. The molecule has 2 aromatic rings. The number of aryl methyl sites for hydroxylation is 1. The highest BCUT2D eigenvalue weighted by atomic mass is 16.7. The molecule has 1 N–H and O–H groups in total. The lowest BCUT2D eigenvalue weighted by molar-refractivity contribution is -0.117. The van der Waals surface area contributed by atoms with Gasteiger partial charge in [0.25, 0.3) is 0 Å². The summed E-state index contributed by atoms with van der Waals surface area (Å²) in [5, 5.41) is 2.95. The monoisotopic (exact) mass is 309 g/mol. The Morgan fingerprint density at radius 2 is 1.96 bits per heavy atom. The van der Waals surface area contributed by atoms with Gasteiger partial charge in [-0.05, 0) is 48.7 Å². The number of amides is 1. The topological polar surface area (TPSA) is 47.6 Å². The van der Waals surface area contributed by atoms with Crippen LogP contribution >= 0.6 is 0 Å². The second-order valence-corrected chi connectivity index (χ2v) is 5.53. The summed E-state index contributed by atoms with van der Waals surface area (Å²) in [7, 11) is 0. The van der Waals surface area contributed by atoms with E-state index in [-0.39, 0.29) is 18.7 Å². The Morgan fingerprint density at radius 3 is 2.78 bits per heavy atom. The van der Waals surface area contributed by atoms with Gasteiger partial charge in [0.1, 0.15) is 0 Å². The molecular formula is C19H19NO3. The number of fused-ring (bicyclic) bond motifs is 1. The average Bonchev–Trinajstić information content (AvgIpc) is 3.01. The van der Waals surface area contributed by atoms with Gasteiger partial charge < -0.3 is 14.8 Å². The summed E-state index contributed by atoms with van der Waals surface area (Å²) < 4.78 is 10.7. The van der Waals surface area contributed by atoms with E-state index < -0.39 is 0 Å². The summed E-state index contributed by atoms with van der Waals surface area (Å²) in [6, 6.07) is 13.5. The number of nitrogens with one attached hydrogen (secondary N) is 1. The van der Waals surface area contributed by atoms with Gasteiger partial charge in [0.2, 0.25) is 12.7 Å². The fourth-order valence-electron chi connectivity index (χ4n) is 2.47. The molecule has 0 saturated heterocycles. The Morgan fingerprint density at radius 1 is 1.17 bits per heavy atom. The zero-order chi connectivity index (χ0) is 16.2. The lowest BCUT2D eigenvalue weighted by Crippen LogP contribution is -2.24. The largest absolute Gasteiger partial charge is 0.454 e. The normalized spacial score (nSPS) is 14.0. The third kappa shape index (κ3) is 3.54. The molecule has 4 nitrogen and oxygen atoms in total. The summed E-state index contributed by atoms with van der Waals surface area (Å²) in [4.78, 5) is 12.1. The zero-order valence-corrected chi connectivity index (χ0v) is 13.2. The summed E-state index contributed by atoms with van der Waals surface area (Å²) in [5.41, 5.74) is 3.16. The number of rotatable bonds is 4. The standard InChI is InChI=1S/C19H19NO3/c1-13-5-3-4-6-15(13)8-10-19(21)20-14(2)16-7-9-17-18(11-16)23-12-22-17/h3-11,14H,12H2,1-2H3,(H,20,21). The van der Waals surface area contributed by atoms with Crippen molar-refractivity contribution in [1.82, 2.24) is 5.32 Å². The van der Waals surface area contributed by atoms with Crippen LogP contribution in [-0.2, 0) is 4.79 Å². The van der Waals surface area contributed by atoms with Crippen LogP contribution in [0, 0.1) is 6.92 Å². The van der Waals surface area contributed by atoms with Gasteiger partial charge in [-0.25, -0.2) is 0 Å². The van der Waals surface area contributed by atoms with Crippen LogP contribution in [-0.4, -0.2) is 12.7 Å². The van der Waals surface area contributed by atoms with Crippen LogP contribution in [0.5, 0.6) is 11.5 Å². The molecule has 1 aliphatic rings. The quantitative estimate of drug-likeness (QED) is 0.878. The van der Waals surface area contributed by atoms with E-state index in [4.69, 9.17) is 9.47 Å². The molecular weight excluding hydrogens is 290 g/mol. The average molecular weight is 309 g/mol. The SMILES string of the molecule is Cc1ccccc1C=CC(=O)NC(C)c1ccc2c(c1)OCO2. The second kappa shape index (κ2) is 6.57. The van der Waals surface area contributed by atoms with Gasteiger partial charge in [-0.1, -0.05) is 30.3 Å². The van der Waals surface area contributed by atoms with E-state index in [1.165, 1.54) is 0 Å². The minimum Gasteiger partial charge on any atom is -0.454 e. The molecule has 1 unspecified atom stereocenters. The first-order valence-corrected chi connectivity index (χ1v) is 7.57. The van der Waals surface area contributed by atoms with Gasteiger partial charge in [-0.3, -0.25) is 4.79 Å². The highest BCUT2D eigenvalue weighted by Gasteiger charge is 2.16. The highest BCUT2D eigenvalue weighted by Crippen LogP contribution is 2.34. The summed E-state index contributed by atoms with van der Waals surface area (Å²) in [6.45, 7) is 4.21. The predicted molar refractivity (Wildman–Crippen MR) is 89.3 cm³/mol. The first-order chi connectivity index (χ1) is 11.1. The summed E-state index contributed by atoms with van der Waals surface area (Å²) >= 11 is 0. The third-order valence-electron chi connectivity index (χ3n) is 3.86. The van der Waals surface area contributed by atoms with Crippen molar-refractivity contribution in [2.45, 2.75) is 19.9 Å². The van der Waals surface area contributed by atoms with E-state index in [2.05, 4.69) is 5.32 Å². The molecule has 3 rings (SSSR count). The molecule has 2 aromatic carbocycles. The van der Waals surface area contributed by atoms with E-state index in [0.29, 0.717) is 0 Å². The van der Waals surface area contributed by atoms with Gasteiger partial charge in [0, 0.05) is 6.08 Å². The van der Waals surface area contributed by atoms with E-state index in [1.54, 1.807) is 6.08 Å². The van der Waals surface area contributed by atoms with Crippen molar-refractivity contribution in [2.75, 3.05) is 6.79 Å². The van der Waals surface area contributed by atoms with Crippen molar-refractivity contribution < 1.29 is 14.3 Å². The summed E-state index contributed by atoms with van der Waals surface area (Å²) in [6.07, 6.45) is 3.39. The van der Waals surface area contributed by atoms with E-state index >= 15 is 0 Å². The number of hydrogen-bond donors (Lipinski definition) is 1. The minimum atomic E-state index is -0.126. The third-order valence-corrected chi connectivity index (χ3v) is 3.86. The van der Waals surface area contributed by atoms with Crippen molar-refractivity contribution >= 4 is 12.0 Å². The molecule has 23 heavy (non-hydrogen) atoms. The maximum atomic E-state index is 12.1. The number of carbonyl (C=O) groups is 1. The van der Waals surface area contributed by atoms with Crippen LogP contribution in [0.25, 0.3) is 6.08 Å². The van der Waals surface area contributed by atoms with Gasteiger partial charge >= 0.3 is 0 Å². The lowest BCUT2D eigenvalue weighted by atomic mass is 10.1. The Labute approximate surface area is 135 Å². The highest BCUT2D eigenvalue weighted by molar-refractivity contribution is 5.92. The zero-order valence-electron chi connectivity index (χ0n) is 13.2. The first-order valence-electron chi connectivity index (χ1n) is 7.57. The minimum absolute atomic E-state index is 0.112. The number of ether oxygens (including phenoxy) is 2. The molecule has 0 bridgehead atoms. The van der Waals surface area contributed by atoms with Gasteiger partial charge in [-0.15, -0.1) is 0 Å².